The Balaban J connectivity index is 1.27. The highest BCUT2D eigenvalue weighted by molar-refractivity contribution is 6.35. The van der Waals surface area contributed by atoms with Gasteiger partial charge in [0.25, 0.3) is 11.8 Å². The average molecular weight is 540 g/mol. The number of amides is 2. The van der Waals surface area contributed by atoms with Crippen molar-refractivity contribution in [1.29, 1.82) is 0 Å². The van der Waals surface area contributed by atoms with Gasteiger partial charge in [-0.2, -0.15) is 10.1 Å². The minimum Gasteiger partial charge on any atom is -0.316 e. The maximum absolute atomic E-state index is 13.8. The van der Waals surface area contributed by atoms with Crippen LogP contribution in [0.25, 0.3) is 5.69 Å². The van der Waals surface area contributed by atoms with Gasteiger partial charge in [-0.15, -0.1) is 0 Å². The molecule has 4 aliphatic rings. The molecule has 2 atom stereocenters. The predicted octanol–water partition coefficient (Wildman–Crippen LogP) is 6.63. The van der Waals surface area contributed by atoms with Crippen molar-refractivity contribution in [3.63, 3.8) is 0 Å². The van der Waals surface area contributed by atoms with Crippen LogP contribution in [0.4, 0.5) is 0 Å². The molecule has 0 N–H and O–H groups in total. The summed E-state index contributed by atoms with van der Waals surface area (Å²) in [7, 11) is 0. The van der Waals surface area contributed by atoms with Crippen LogP contribution in [-0.2, 0) is 9.59 Å². The Hall–Kier alpha value is -3.67. The van der Waals surface area contributed by atoms with Gasteiger partial charge in [-0.1, -0.05) is 71.7 Å². The van der Waals surface area contributed by atoms with Crippen molar-refractivity contribution in [3.05, 3.63) is 122 Å². The molecule has 4 aromatic rings. The van der Waals surface area contributed by atoms with Crippen LogP contribution in [0.2, 0.25) is 10.0 Å². The molecule has 7 heteroatoms. The number of nitrogens with zero attached hydrogens (tertiary/aromatic N) is 3. The van der Waals surface area contributed by atoms with Crippen molar-refractivity contribution in [2.24, 2.45) is 16.9 Å². The molecule has 5 nitrogen and oxygen atoms in total. The van der Waals surface area contributed by atoms with Gasteiger partial charge in [0.15, 0.2) is 0 Å². The highest BCUT2D eigenvalue weighted by Crippen LogP contribution is 2.60. The lowest BCUT2D eigenvalue weighted by atomic mass is 9.55. The van der Waals surface area contributed by atoms with Gasteiger partial charge in [0.05, 0.1) is 28.8 Å². The fourth-order valence-corrected chi connectivity index (χ4v) is 7.34. The topological polar surface area (TPSA) is 54.7 Å². The van der Waals surface area contributed by atoms with Crippen LogP contribution < -0.4 is 0 Å². The summed E-state index contributed by atoms with van der Waals surface area (Å²) in [6, 6.07) is 23.8. The number of carbonyl (C=O) groups excluding carboxylic acids is 2. The number of imide groups is 1. The second kappa shape index (κ2) is 8.42. The van der Waals surface area contributed by atoms with Crippen molar-refractivity contribution in [2.45, 2.75) is 25.7 Å². The first kappa shape index (κ1) is 23.4. The molecule has 0 unspecified atom stereocenters. The van der Waals surface area contributed by atoms with E-state index in [0.717, 1.165) is 49.9 Å². The molecule has 8 rings (SSSR count). The zero-order valence-electron chi connectivity index (χ0n) is 20.7. The van der Waals surface area contributed by atoms with Gasteiger partial charge in [-0.3, -0.25) is 9.59 Å². The Labute approximate surface area is 230 Å². The van der Waals surface area contributed by atoms with Crippen LogP contribution in [0.3, 0.4) is 0 Å². The van der Waals surface area contributed by atoms with Crippen molar-refractivity contribution in [1.82, 2.24) is 9.58 Å². The fourth-order valence-electron chi connectivity index (χ4n) is 6.85. The smallest absolute Gasteiger partial charge is 0.254 e. The molecule has 0 spiro atoms. The first-order valence-electron chi connectivity index (χ1n) is 12.6. The normalized spacial score (nSPS) is 23.2. The molecular weight excluding hydrogens is 517 g/mol. The van der Waals surface area contributed by atoms with E-state index in [1.54, 1.807) is 18.3 Å². The third-order valence-corrected chi connectivity index (χ3v) is 8.90. The Bertz CT molecular complexity index is 1590. The van der Waals surface area contributed by atoms with Crippen LogP contribution in [0, 0.1) is 25.7 Å². The number of aromatic nitrogens is 1. The van der Waals surface area contributed by atoms with E-state index in [0.29, 0.717) is 10.0 Å². The summed E-state index contributed by atoms with van der Waals surface area (Å²) in [5.74, 6) is -1.66. The van der Waals surface area contributed by atoms with Crippen LogP contribution in [0.15, 0.2) is 77.9 Å². The van der Waals surface area contributed by atoms with E-state index in [2.05, 4.69) is 29.4 Å². The first-order chi connectivity index (χ1) is 18.4. The largest absolute Gasteiger partial charge is 0.316 e. The number of carbonyl (C=O) groups is 2. The average Bonchev–Trinajstić information content (AvgIpc) is 3.34. The lowest BCUT2D eigenvalue weighted by molar-refractivity contribution is -0.139. The molecular formula is C31H23Cl2N3O2. The molecule has 0 radical (unpaired) electrons. The van der Waals surface area contributed by atoms with Gasteiger partial charge in [0.1, 0.15) is 0 Å². The molecule has 188 valence electrons. The van der Waals surface area contributed by atoms with E-state index >= 15 is 0 Å². The number of hydrogen-bond acceptors (Lipinski definition) is 3. The molecule has 1 aromatic heterocycles. The Morgan fingerprint density at radius 1 is 0.763 bits per heavy atom. The quantitative estimate of drug-likeness (QED) is 0.217. The zero-order chi connectivity index (χ0) is 26.3. The minimum atomic E-state index is -0.449. The second-order valence-electron chi connectivity index (χ2n) is 10.3. The number of hydrazone groups is 1. The predicted molar refractivity (Wildman–Crippen MR) is 148 cm³/mol. The third-order valence-electron chi connectivity index (χ3n) is 8.36. The maximum atomic E-state index is 13.8. The monoisotopic (exact) mass is 539 g/mol. The molecule has 3 aliphatic carbocycles. The van der Waals surface area contributed by atoms with Gasteiger partial charge in [-0.25, -0.2) is 0 Å². The molecule has 2 heterocycles. The standard InChI is InChI=1S/C31H23Cl2N3O2/c1-16-13-18(17(2)35(16)25-12-11-19(32)14-24(25)33)15-34-36-30(37)28-26-20-7-3-4-8-21(20)27(29(28)31(36)38)23-10-6-5-9-22(23)26/h3-15,26-29H,1-2H3/b34-15-/t26?,27?,28-,29-/m0/s1. The fraction of sp³-hybridized carbons (Fsp3) is 0.194. The first-order valence-corrected chi connectivity index (χ1v) is 13.4. The zero-order valence-corrected chi connectivity index (χ0v) is 22.2. The summed E-state index contributed by atoms with van der Waals surface area (Å²) in [6.07, 6.45) is 1.61. The van der Waals surface area contributed by atoms with Crippen molar-refractivity contribution < 1.29 is 9.59 Å². The van der Waals surface area contributed by atoms with Gasteiger partial charge >= 0.3 is 0 Å². The van der Waals surface area contributed by atoms with Crippen molar-refractivity contribution in [2.75, 3.05) is 0 Å². The summed E-state index contributed by atoms with van der Waals surface area (Å²) in [5.41, 5.74) is 8.04. The molecule has 1 aliphatic heterocycles. The van der Waals surface area contributed by atoms with Gasteiger partial charge in [0, 0.05) is 33.8 Å². The van der Waals surface area contributed by atoms with Crippen molar-refractivity contribution in [3.8, 4) is 5.69 Å². The number of rotatable bonds is 3. The van der Waals surface area contributed by atoms with Crippen LogP contribution in [-0.4, -0.2) is 27.6 Å². The van der Waals surface area contributed by atoms with E-state index in [4.69, 9.17) is 23.2 Å². The number of halogens is 2. The number of benzene rings is 3. The van der Waals surface area contributed by atoms with Gasteiger partial charge in [0.2, 0.25) is 0 Å². The van der Waals surface area contributed by atoms with E-state index in [1.165, 1.54) is 0 Å². The van der Waals surface area contributed by atoms with E-state index < -0.39 is 11.8 Å². The molecule has 2 bridgehead atoms. The SMILES string of the molecule is Cc1cc(/C=N\N2C(=O)[C@H]3C4c5ccccc5C(c5ccccc54)[C@@H]3C2=O)c(C)n1-c1ccc(Cl)cc1Cl. The molecule has 0 saturated carbocycles. The lowest BCUT2D eigenvalue weighted by Gasteiger charge is -2.45. The summed E-state index contributed by atoms with van der Waals surface area (Å²) in [6.45, 7) is 3.93. The second-order valence-corrected chi connectivity index (χ2v) is 11.1. The van der Waals surface area contributed by atoms with Crippen LogP contribution in [0.1, 0.15) is 51.0 Å². The van der Waals surface area contributed by atoms with Crippen LogP contribution >= 0.6 is 23.2 Å². The van der Waals surface area contributed by atoms with Gasteiger partial charge < -0.3 is 4.57 Å². The molecule has 2 amide bonds. The summed E-state index contributed by atoms with van der Waals surface area (Å²) in [4.78, 5) is 27.6. The van der Waals surface area contributed by atoms with Crippen LogP contribution in [0.5, 0.6) is 0 Å². The lowest BCUT2D eigenvalue weighted by Crippen LogP contribution is -2.41. The highest BCUT2D eigenvalue weighted by Gasteiger charge is 2.61. The molecule has 1 saturated heterocycles. The minimum absolute atomic E-state index is 0.147. The van der Waals surface area contributed by atoms with E-state index in [9.17, 15) is 9.59 Å². The van der Waals surface area contributed by atoms with E-state index in [-0.39, 0.29) is 23.7 Å². The van der Waals surface area contributed by atoms with Gasteiger partial charge in [-0.05, 0) is 60.4 Å². The summed E-state index contributed by atoms with van der Waals surface area (Å²) < 4.78 is 2.01. The molecule has 3 aromatic carbocycles. The summed E-state index contributed by atoms with van der Waals surface area (Å²) in [5, 5.41) is 6.69. The highest BCUT2D eigenvalue weighted by atomic mass is 35.5. The Morgan fingerprint density at radius 3 is 1.79 bits per heavy atom. The Kier molecular flexibility index (Phi) is 5.19. The Morgan fingerprint density at radius 2 is 1.29 bits per heavy atom. The maximum Gasteiger partial charge on any atom is 0.254 e. The summed E-state index contributed by atoms with van der Waals surface area (Å²) >= 11 is 12.6. The number of hydrogen-bond donors (Lipinski definition) is 0. The third kappa shape index (κ3) is 3.15. The van der Waals surface area contributed by atoms with Crippen molar-refractivity contribution >= 4 is 41.2 Å². The molecule has 38 heavy (non-hydrogen) atoms. The number of aryl methyl sites for hydroxylation is 1. The van der Waals surface area contributed by atoms with E-state index in [1.807, 2.05) is 54.8 Å². The molecule has 1 fully saturated rings.